The number of nitrogens with zero attached hydrogens (tertiary/aromatic N) is 3. The summed E-state index contributed by atoms with van der Waals surface area (Å²) in [5.41, 5.74) is 2.29. The van der Waals surface area contributed by atoms with Gasteiger partial charge < -0.3 is 9.84 Å². The van der Waals surface area contributed by atoms with Gasteiger partial charge in [0.05, 0.1) is 24.5 Å². The molecular weight excluding hydrogens is 216 g/mol. The van der Waals surface area contributed by atoms with Crippen LogP contribution < -0.4 is 5.32 Å². The van der Waals surface area contributed by atoms with E-state index in [0.717, 1.165) is 17.8 Å². The molecule has 86 valence electrons. The van der Waals surface area contributed by atoms with Gasteiger partial charge in [-0.2, -0.15) is 5.10 Å². The third kappa shape index (κ3) is 2.05. The number of hydrogen-bond acceptors (Lipinski definition) is 4. The maximum atomic E-state index is 5.01. The van der Waals surface area contributed by atoms with Gasteiger partial charge in [-0.05, 0) is 12.1 Å². The lowest BCUT2D eigenvalue weighted by atomic mass is 10.2. The smallest absolute Gasteiger partial charge is 0.150 e. The van der Waals surface area contributed by atoms with E-state index in [2.05, 4.69) is 21.6 Å². The summed E-state index contributed by atoms with van der Waals surface area (Å²) in [6.45, 7) is 1.43. The minimum atomic E-state index is 0.671. The predicted octanol–water partition coefficient (Wildman–Crippen LogP) is 1.61. The number of aromatic nitrogens is 3. The zero-order valence-corrected chi connectivity index (χ0v) is 9.21. The lowest BCUT2D eigenvalue weighted by molar-refractivity contribution is 0.373. The minimum Gasteiger partial charge on any atom is -0.360 e. The summed E-state index contributed by atoms with van der Waals surface area (Å²) < 4.78 is 6.87. The summed E-state index contributed by atoms with van der Waals surface area (Å²) in [4.78, 5) is 0. The highest BCUT2D eigenvalue weighted by Gasteiger charge is 2.03. The van der Waals surface area contributed by atoms with Crippen LogP contribution in [0, 0.1) is 0 Å². The summed E-state index contributed by atoms with van der Waals surface area (Å²) in [6.07, 6.45) is 5.46. The first-order valence-electron chi connectivity index (χ1n) is 5.45. The zero-order chi connectivity index (χ0) is 11.5. The van der Waals surface area contributed by atoms with Gasteiger partial charge in [-0.3, -0.25) is 0 Å². The molecule has 0 unspecified atom stereocenters. The molecule has 0 radical (unpaired) electrons. The van der Waals surface area contributed by atoms with Gasteiger partial charge in [-0.1, -0.05) is 11.2 Å². The van der Waals surface area contributed by atoms with Gasteiger partial charge in [-0.15, -0.1) is 0 Å². The first kappa shape index (κ1) is 10.0. The van der Waals surface area contributed by atoms with Crippen LogP contribution in [0.15, 0.2) is 47.4 Å². The van der Waals surface area contributed by atoms with Crippen LogP contribution in [0.5, 0.6) is 0 Å². The van der Waals surface area contributed by atoms with Gasteiger partial charge in [0, 0.05) is 24.4 Å². The van der Waals surface area contributed by atoms with Crippen molar-refractivity contribution in [3.05, 3.63) is 54.2 Å². The maximum Gasteiger partial charge on any atom is 0.150 e. The van der Waals surface area contributed by atoms with E-state index < -0.39 is 0 Å². The van der Waals surface area contributed by atoms with Gasteiger partial charge in [0.2, 0.25) is 0 Å². The molecule has 0 bridgehead atoms. The summed E-state index contributed by atoms with van der Waals surface area (Å²) in [5.74, 6) is 0.835. The highest BCUT2D eigenvalue weighted by atomic mass is 16.5. The Bertz CT molecular complexity index is 600. The first-order chi connectivity index (χ1) is 8.43. The molecule has 0 aliphatic rings. The second-order valence-electron chi connectivity index (χ2n) is 3.78. The van der Waals surface area contributed by atoms with E-state index in [-0.39, 0.29) is 0 Å². The molecule has 3 aromatic rings. The molecule has 0 saturated heterocycles. The molecule has 0 aromatic carbocycles. The van der Waals surface area contributed by atoms with Crippen LogP contribution in [0.2, 0.25) is 0 Å². The Hall–Kier alpha value is -2.14. The van der Waals surface area contributed by atoms with E-state index in [9.17, 15) is 0 Å². The molecule has 0 atom stereocenters. The SMILES string of the molecule is c1ccn2ncc(CNCc3ccno3)c2c1. The molecule has 3 heterocycles. The van der Waals surface area contributed by atoms with Crippen LogP contribution in [-0.4, -0.2) is 14.8 Å². The molecule has 0 fully saturated rings. The fourth-order valence-corrected chi connectivity index (χ4v) is 1.78. The number of rotatable bonds is 4. The van der Waals surface area contributed by atoms with Crippen molar-refractivity contribution in [2.45, 2.75) is 13.1 Å². The van der Waals surface area contributed by atoms with Crippen molar-refractivity contribution >= 4 is 5.52 Å². The van der Waals surface area contributed by atoms with Crippen LogP contribution in [-0.2, 0) is 13.1 Å². The van der Waals surface area contributed by atoms with Crippen molar-refractivity contribution in [1.29, 1.82) is 0 Å². The summed E-state index contributed by atoms with van der Waals surface area (Å²) >= 11 is 0. The lowest BCUT2D eigenvalue weighted by Gasteiger charge is -2.00. The fourth-order valence-electron chi connectivity index (χ4n) is 1.78. The van der Waals surface area contributed by atoms with Crippen molar-refractivity contribution in [2.75, 3.05) is 0 Å². The quantitative estimate of drug-likeness (QED) is 0.737. The van der Waals surface area contributed by atoms with E-state index in [1.165, 1.54) is 5.56 Å². The predicted molar refractivity (Wildman–Crippen MR) is 62.2 cm³/mol. The Morgan fingerprint density at radius 3 is 3.12 bits per heavy atom. The van der Waals surface area contributed by atoms with E-state index in [0.29, 0.717) is 6.54 Å². The molecule has 3 rings (SSSR count). The van der Waals surface area contributed by atoms with Gasteiger partial charge in [0.15, 0.2) is 0 Å². The van der Waals surface area contributed by atoms with Gasteiger partial charge >= 0.3 is 0 Å². The Morgan fingerprint density at radius 2 is 2.24 bits per heavy atom. The molecule has 0 aliphatic carbocycles. The number of nitrogens with one attached hydrogen (secondary N) is 1. The maximum absolute atomic E-state index is 5.01. The molecule has 5 heteroatoms. The Balaban J connectivity index is 1.69. The second-order valence-corrected chi connectivity index (χ2v) is 3.78. The van der Waals surface area contributed by atoms with Crippen LogP contribution in [0.4, 0.5) is 0 Å². The standard InChI is InChI=1S/C12H12N4O/c1-2-6-16-12(3-1)10(8-14-16)7-13-9-11-4-5-15-17-11/h1-6,8,13H,7,9H2. The zero-order valence-electron chi connectivity index (χ0n) is 9.21. The van der Waals surface area contributed by atoms with Crippen LogP contribution >= 0.6 is 0 Å². The monoisotopic (exact) mass is 228 g/mol. The first-order valence-corrected chi connectivity index (χ1v) is 5.45. The van der Waals surface area contributed by atoms with Crippen LogP contribution in [0.25, 0.3) is 5.52 Å². The van der Waals surface area contributed by atoms with Crippen molar-refractivity contribution in [2.24, 2.45) is 0 Å². The van der Waals surface area contributed by atoms with E-state index >= 15 is 0 Å². The van der Waals surface area contributed by atoms with Crippen molar-refractivity contribution in [3.63, 3.8) is 0 Å². The highest BCUT2D eigenvalue weighted by Crippen LogP contribution is 2.09. The molecule has 17 heavy (non-hydrogen) atoms. The topological polar surface area (TPSA) is 55.4 Å². The van der Waals surface area contributed by atoms with E-state index in [4.69, 9.17) is 4.52 Å². The number of fused-ring (bicyclic) bond motifs is 1. The summed E-state index contributed by atoms with van der Waals surface area (Å²) in [7, 11) is 0. The number of pyridine rings is 1. The summed E-state index contributed by atoms with van der Waals surface area (Å²) in [5, 5.41) is 11.2. The van der Waals surface area contributed by atoms with Crippen molar-refractivity contribution in [1.82, 2.24) is 20.1 Å². The normalized spacial score (nSPS) is 11.1. The number of hydrogen-bond donors (Lipinski definition) is 1. The third-order valence-electron chi connectivity index (χ3n) is 2.61. The molecule has 0 amide bonds. The van der Waals surface area contributed by atoms with Crippen LogP contribution in [0.1, 0.15) is 11.3 Å². The molecule has 3 aromatic heterocycles. The van der Waals surface area contributed by atoms with E-state index in [1.807, 2.05) is 35.1 Å². The van der Waals surface area contributed by atoms with Crippen LogP contribution in [0.3, 0.4) is 0 Å². The Labute approximate surface area is 98.0 Å². The lowest BCUT2D eigenvalue weighted by Crippen LogP contribution is -2.11. The average molecular weight is 228 g/mol. The minimum absolute atomic E-state index is 0.671. The Kier molecular flexibility index (Phi) is 2.59. The summed E-state index contributed by atoms with van der Waals surface area (Å²) in [6, 6.07) is 7.88. The van der Waals surface area contributed by atoms with Gasteiger partial charge in [0.1, 0.15) is 5.76 Å². The van der Waals surface area contributed by atoms with Gasteiger partial charge in [0.25, 0.3) is 0 Å². The molecule has 0 saturated carbocycles. The molecule has 5 nitrogen and oxygen atoms in total. The van der Waals surface area contributed by atoms with E-state index in [1.54, 1.807) is 6.20 Å². The third-order valence-corrected chi connectivity index (χ3v) is 2.61. The largest absolute Gasteiger partial charge is 0.360 e. The van der Waals surface area contributed by atoms with Crippen molar-refractivity contribution in [3.8, 4) is 0 Å². The van der Waals surface area contributed by atoms with Gasteiger partial charge in [-0.25, -0.2) is 4.52 Å². The molecular formula is C12H12N4O. The molecule has 0 spiro atoms. The second kappa shape index (κ2) is 4.39. The van der Waals surface area contributed by atoms with Crippen molar-refractivity contribution < 1.29 is 4.52 Å². The Morgan fingerprint density at radius 1 is 1.24 bits per heavy atom. The fraction of sp³-hybridized carbons (Fsp3) is 0.167. The molecule has 1 N–H and O–H groups in total. The molecule has 0 aliphatic heterocycles. The highest BCUT2D eigenvalue weighted by molar-refractivity contribution is 5.53. The average Bonchev–Trinajstić information content (AvgIpc) is 2.99.